The summed E-state index contributed by atoms with van der Waals surface area (Å²) in [7, 11) is 0. The standard InChI is InChI=1S/C10H14N2O2/c1-7(8-5-6-11-12-8)9(13)14-10(2,3)4/h5-6H,1H2,2-4H3,(H,11,12). The van der Waals surface area contributed by atoms with Gasteiger partial charge in [-0.3, -0.25) is 5.10 Å². The minimum Gasteiger partial charge on any atom is -0.456 e. The van der Waals surface area contributed by atoms with Gasteiger partial charge in [-0.2, -0.15) is 5.10 Å². The largest absolute Gasteiger partial charge is 0.456 e. The second-order valence-corrected chi connectivity index (χ2v) is 3.95. The van der Waals surface area contributed by atoms with Crippen LogP contribution in [0.4, 0.5) is 0 Å². The molecule has 1 aromatic rings. The summed E-state index contributed by atoms with van der Waals surface area (Å²) in [5.74, 6) is -0.429. The number of carbonyl (C=O) groups excluding carboxylic acids is 1. The van der Waals surface area contributed by atoms with Crippen LogP contribution in [-0.2, 0) is 9.53 Å². The van der Waals surface area contributed by atoms with Crippen LogP contribution in [0.5, 0.6) is 0 Å². The molecule has 4 heteroatoms. The zero-order valence-corrected chi connectivity index (χ0v) is 8.63. The highest BCUT2D eigenvalue weighted by molar-refractivity contribution is 6.15. The normalized spacial score (nSPS) is 11.1. The van der Waals surface area contributed by atoms with Gasteiger partial charge < -0.3 is 4.74 Å². The maximum absolute atomic E-state index is 11.5. The molecule has 1 heterocycles. The molecule has 0 radical (unpaired) electrons. The Morgan fingerprint density at radius 3 is 2.64 bits per heavy atom. The number of aromatic amines is 1. The smallest absolute Gasteiger partial charge is 0.340 e. The van der Waals surface area contributed by atoms with Crippen molar-refractivity contribution < 1.29 is 9.53 Å². The van der Waals surface area contributed by atoms with Gasteiger partial charge in [-0.05, 0) is 26.8 Å². The fourth-order valence-corrected chi connectivity index (χ4v) is 0.874. The molecule has 0 aliphatic rings. The molecule has 0 fully saturated rings. The quantitative estimate of drug-likeness (QED) is 0.576. The zero-order chi connectivity index (χ0) is 10.8. The number of rotatable bonds is 2. The van der Waals surface area contributed by atoms with Crippen LogP contribution in [-0.4, -0.2) is 21.8 Å². The highest BCUT2D eigenvalue weighted by atomic mass is 16.6. The number of hydrogen-bond acceptors (Lipinski definition) is 3. The first kappa shape index (κ1) is 10.5. The topological polar surface area (TPSA) is 55.0 Å². The maximum atomic E-state index is 11.5. The molecule has 0 bridgehead atoms. The van der Waals surface area contributed by atoms with Crippen molar-refractivity contribution in [1.29, 1.82) is 0 Å². The van der Waals surface area contributed by atoms with Crippen molar-refractivity contribution in [3.05, 3.63) is 24.5 Å². The summed E-state index contributed by atoms with van der Waals surface area (Å²) in [5.41, 5.74) is 0.372. The van der Waals surface area contributed by atoms with Gasteiger partial charge in [0.15, 0.2) is 0 Å². The third-order valence-corrected chi connectivity index (χ3v) is 1.47. The summed E-state index contributed by atoms with van der Waals surface area (Å²) < 4.78 is 5.14. The van der Waals surface area contributed by atoms with Crippen molar-refractivity contribution in [1.82, 2.24) is 10.2 Å². The van der Waals surface area contributed by atoms with E-state index in [2.05, 4.69) is 16.8 Å². The van der Waals surface area contributed by atoms with Crippen LogP contribution < -0.4 is 0 Å². The molecule has 0 atom stereocenters. The van der Waals surface area contributed by atoms with Gasteiger partial charge in [0.05, 0.1) is 11.3 Å². The first-order valence-corrected chi connectivity index (χ1v) is 4.32. The van der Waals surface area contributed by atoms with Crippen molar-refractivity contribution in [2.24, 2.45) is 0 Å². The lowest BCUT2D eigenvalue weighted by atomic mass is 10.1. The number of ether oxygens (including phenoxy) is 1. The highest BCUT2D eigenvalue weighted by Crippen LogP contribution is 2.15. The molecule has 1 N–H and O–H groups in total. The predicted octanol–water partition coefficient (Wildman–Crippen LogP) is 1.76. The van der Waals surface area contributed by atoms with Crippen LogP contribution in [0.25, 0.3) is 5.57 Å². The Morgan fingerprint density at radius 1 is 1.57 bits per heavy atom. The average Bonchev–Trinajstić information content (AvgIpc) is 2.51. The van der Waals surface area contributed by atoms with Gasteiger partial charge in [0.1, 0.15) is 5.60 Å². The lowest BCUT2D eigenvalue weighted by molar-refractivity contribution is -0.147. The number of nitrogens with one attached hydrogen (secondary N) is 1. The Labute approximate surface area is 83.0 Å². The second-order valence-electron chi connectivity index (χ2n) is 3.95. The van der Waals surface area contributed by atoms with Crippen molar-refractivity contribution in [2.45, 2.75) is 26.4 Å². The first-order valence-electron chi connectivity index (χ1n) is 4.32. The Balaban J connectivity index is 2.68. The minimum absolute atomic E-state index is 0.289. The van der Waals surface area contributed by atoms with Gasteiger partial charge >= 0.3 is 5.97 Å². The number of nitrogens with zero attached hydrogens (tertiary/aromatic N) is 1. The molecular formula is C10H14N2O2. The van der Waals surface area contributed by atoms with Crippen LogP contribution in [0.15, 0.2) is 18.8 Å². The third kappa shape index (κ3) is 2.73. The van der Waals surface area contributed by atoms with Crippen molar-refractivity contribution in [2.75, 3.05) is 0 Å². The molecule has 0 saturated heterocycles. The van der Waals surface area contributed by atoms with E-state index in [1.165, 1.54) is 0 Å². The Morgan fingerprint density at radius 2 is 2.21 bits per heavy atom. The molecular weight excluding hydrogens is 180 g/mol. The monoisotopic (exact) mass is 194 g/mol. The van der Waals surface area contributed by atoms with E-state index < -0.39 is 11.6 Å². The molecule has 1 aromatic heterocycles. The Bertz CT molecular complexity index is 334. The van der Waals surface area contributed by atoms with Crippen LogP contribution in [0.2, 0.25) is 0 Å². The van der Waals surface area contributed by atoms with E-state index in [0.29, 0.717) is 5.69 Å². The SMILES string of the molecule is C=C(C(=O)OC(C)(C)C)c1ccn[nH]1. The van der Waals surface area contributed by atoms with E-state index in [9.17, 15) is 4.79 Å². The molecule has 0 aromatic carbocycles. The maximum Gasteiger partial charge on any atom is 0.340 e. The number of aromatic nitrogens is 2. The van der Waals surface area contributed by atoms with Gasteiger partial charge in [-0.1, -0.05) is 6.58 Å². The molecule has 4 nitrogen and oxygen atoms in total. The average molecular weight is 194 g/mol. The molecule has 14 heavy (non-hydrogen) atoms. The number of hydrogen-bond donors (Lipinski definition) is 1. The van der Waals surface area contributed by atoms with E-state index >= 15 is 0 Å². The number of carbonyl (C=O) groups is 1. The molecule has 0 amide bonds. The van der Waals surface area contributed by atoms with E-state index in [0.717, 1.165) is 0 Å². The summed E-state index contributed by atoms with van der Waals surface area (Å²) in [6.07, 6.45) is 1.56. The summed E-state index contributed by atoms with van der Waals surface area (Å²) in [5, 5.41) is 6.38. The Kier molecular flexibility index (Phi) is 2.74. The molecule has 0 aliphatic heterocycles. The van der Waals surface area contributed by atoms with Gasteiger partial charge in [-0.25, -0.2) is 4.79 Å². The van der Waals surface area contributed by atoms with Gasteiger partial charge in [-0.15, -0.1) is 0 Å². The molecule has 76 valence electrons. The fraction of sp³-hybridized carbons (Fsp3) is 0.400. The summed E-state index contributed by atoms with van der Waals surface area (Å²) in [4.78, 5) is 11.5. The second kappa shape index (κ2) is 3.65. The molecule has 0 spiro atoms. The van der Waals surface area contributed by atoms with Crippen LogP contribution in [0.3, 0.4) is 0 Å². The highest BCUT2D eigenvalue weighted by Gasteiger charge is 2.19. The van der Waals surface area contributed by atoms with Crippen molar-refractivity contribution in [3.63, 3.8) is 0 Å². The summed E-state index contributed by atoms with van der Waals surface area (Å²) in [6.45, 7) is 9.07. The van der Waals surface area contributed by atoms with Crippen LogP contribution in [0.1, 0.15) is 26.5 Å². The van der Waals surface area contributed by atoms with Crippen molar-refractivity contribution >= 4 is 11.5 Å². The fourth-order valence-electron chi connectivity index (χ4n) is 0.874. The molecule has 0 saturated carbocycles. The lowest BCUT2D eigenvalue weighted by Gasteiger charge is -2.19. The summed E-state index contributed by atoms with van der Waals surface area (Å²) in [6, 6.07) is 1.67. The van der Waals surface area contributed by atoms with Crippen molar-refractivity contribution in [3.8, 4) is 0 Å². The lowest BCUT2D eigenvalue weighted by Crippen LogP contribution is -2.24. The predicted molar refractivity (Wildman–Crippen MR) is 53.5 cm³/mol. The number of esters is 1. The molecule has 0 unspecified atom stereocenters. The third-order valence-electron chi connectivity index (χ3n) is 1.47. The van der Waals surface area contributed by atoms with Gasteiger partial charge in [0.2, 0.25) is 0 Å². The first-order chi connectivity index (χ1) is 6.40. The minimum atomic E-state index is -0.500. The van der Waals surface area contributed by atoms with E-state index in [4.69, 9.17) is 4.74 Å². The summed E-state index contributed by atoms with van der Waals surface area (Å²) >= 11 is 0. The van der Waals surface area contributed by atoms with E-state index in [1.54, 1.807) is 12.3 Å². The number of H-pyrrole nitrogens is 1. The van der Waals surface area contributed by atoms with E-state index in [-0.39, 0.29) is 5.57 Å². The molecule has 1 rings (SSSR count). The van der Waals surface area contributed by atoms with E-state index in [1.807, 2.05) is 20.8 Å². The van der Waals surface area contributed by atoms with Crippen LogP contribution >= 0.6 is 0 Å². The van der Waals surface area contributed by atoms with Crippen LogP contribution in [0, 0.1) is 0 Å². The Hall–Kier alpha value is -1.58. The van der Waals surface area contributed by atoms with Gasteiger partial charge in [0, 0.05) is 6.20 Å². The molecule has 0 aliphatic carbocycles. The van der Waals surface area contributed by atoms with Gasteiger partial charge in [0.25, 0.3) is 0 Å². The zero-order valence-electron chi connectivity index (χ0n) is 8.63.